The number of ether oxygens (including phenoxy) is 1. The molecule has 30 heavy (non-hydrogen) atoms. The number of nitro groups is 1. The van der Waals surface area contributed by atoms with Gasteiger partial charge in [0.25, 0.3) is 17.5 Å². The van der Waals surface area contributed by atoms with E-state index in [1.54, 1.807) is 48.5 Å². The Kier molecular flexibility index (Phi) is 6.61. The minimum Gasteiger partial charge on any atom is -0.482 e. The van der Waals surface area contributed by atoms with Crippen LogP contribution < -0.4 is 15.4 Å². The van der Waals surface area contributed by atoms with Crippen molar-refractivity contribution in [2.45, 2.75) is 0 Å². The van der Waals surface area contributed by atoms with Gasteiger partial charge in [-0.2, -0.15) is 0 Å². The molecule has 0 aliphatic rings. The van der Waals surface area contributed by atoms with E-state index in [-0.39, 0.29) is 27.9 Å². The Hall–Kier alpha value is -3.91. The molecule has 8 nitrogen and oxygen atoms in total. The predicted octanol–water partition coefficient (Wildman–Crippen LogP) is 4.52. The monoisotopic (exact) mass is 425 g/mol. The second-order valence-electron chi connectivity index (χ2n) is 6.07. The second kappa shape index (κ2) is 9.53. The van der Waals surface area contributed by atoms with E-state index in [4.69, 9.17) is 16.3 Å². The highest BCUT2D eigenvalue weighted by Gasteiger charge is 2.15. The van der Waals surface area contributed by atoms with Gasteiger partial charge in [0, 0.05) is 17.8 Å². The molecule has 0 bridgehead atoms. The number of para-hydroxylation sites is 2. The minimum atomic E-state index is -0.584. The van der Waals surface area contributed by atoms with Gasteiger partial charge in [0.2, 0.25) is 0 Å². The Bertz CT molecular complexity index is 1090. The maximum absolute atomic E-state index is 12.6. The molecule has 0 heterocycles. The van der Waals surface area contributed by atoms with Crippen LogP contribution in [0.4, 0.5) is 17.1 Å². The normalized spacial score (nSPS) is 10.2. The highest BCUT2D eigenvalue weighted by Crippen LogP contribution is 2.28. The standard InChI is InChI=1S/C21H16ClN3O5/c22-17-12-15(25(28)29)10-11-19(17)30-13-20(26)24-18-9-5-4-8-16(18)21(27)23-14-6-2-1-3-7-14/h1-12H,13H2,(H,23,27)(H,24,26). The van der Waals surface area contributed by atoms with Crippen LogP contribution in [0.15, 0.2) is 72.8 Å². The summed E-state index contributed by atoms with van der Waals surface area (Å²) in [7, 11) is 0. The van der Waals surface area contributed by atoms with Crippen molar-refractivity contribution in [2.24, 2.45) is 0 Å². The summed E-state index contributed by atoms with van der Waals surface area (Å²) >= 11 is 5.95. The molecule has 0 atom stereocenters. The fourth-order valence-electron chi connectivity index (χ4n) is 2.56. The molecule has 152 valence electrons. The van der Waals surface area contributed by atoms with E-state index in [1.165, 1.54) is 12.1 Å². The van der Waals surface area contributed by atoms with Gasteiger partial charge < -0.3 is 15.4 Å². The van der Waals surface area contributed by atoms with Crippen molar-refractivity contribution in [1.29, 1.82) is 0 Å². The molecule has 9 heteroatoms. The van der Waals surface area contributed by atoms with Crippen LogP contribution in [0.2, 0.25) is 5.02 Å². The van der Waals surface area contributed by atoms with Crippen LogP contribution in [-0.4, -0.2) is 23.3 Å². The van der Waals surface area contributed by atoms with Crippen molar-refractivity contribution >= 4 is 40.5 Å². The van der Waals surface area contributed by atoms with Gasteiger partial charge in [-0.25, -0.2) is 0 Å². The molecular weight excluding hydrogens is 410 g/mol. The summed E-state index contributed by atoms with van der Waals surface area (Å²) in [5, 5.41) is 16.1. The number of nitrogens with one attached hydrogen (secondary N) is 2. The minimum absolute atomic E-state index is 0.0136. The molecule has 3 rings (SSSR count). The zero-order chi connectivity index (χ0) is 21.5. The number of benzene rings is 3. The van der Waals surface area contributed by atoms with Crippen LogP contribution in [0.3, 0.4) is 0 Å². The fourth-order valence-corrected chi connectivity index (χ4v) is 2.79. The number of hydrogen-bond donors (Lipinski definition) is 2. The number of carbonyl (C=O) groups excluding carboxylic acids is 2. The fraction of sp³-hybridized carbons (Fsp3) is 0.0476. The number of non-ortho nitro benzene ring substituents is 1. The molecule has 0 aliphatic carbocycles. The van der Waals surface area contributed by atoms with Gasteiger partial charge in [0.1, 0.15) is 5.75 Å². The molecular formula is C21H16ClN3O5. The molecule has 0 radical (unpaired) electrons. The van der Waals surface area contributed by atoms with E-state index < -0.39 is 17.4 Å². The number of carbonyl (C=O) groups is 2. The van der Waals surface area contributed by atoms with E-state index in [9.17, 15) is 19.7 Å². The summed E-state index contributed by atoms with van der Waals surface area (Å²) in [6, 6.07) is 19.1. The van der Waals surface area contributed by atoms with Gasteiger partial charge in [0.05, 0.1) is 21.2 Å². The SMILES string of the molecule is O=C(COc1ccc([N+](=O)[O-])cc1Cl)Nc1ccccc1C(=O)Nc1ccccc1. The van der Waals surface area contributed by atoms with Crippen LogP contribution in [-0.2, 0) is 4.79 Å². The van der Waals surface area contributed by atoms with Gasteiger partial charge in [-0.15, -0.1) is 0 Å². The first-order valence-electron chi connectivity index (χ1n) is 8.76. The summed E-state index contributed by atoms with van der Waals surface area (Å²) in [5.41, 5.74) is 1.03. The van der Waals surface area contributed by atoms with Crippen molar-refractivity contribution < 1.29 is 19.2 Å². The van der Waals surface area contributed by atoms with Gasteiger partial charge in [-0.05, 0) is 30.3 Å². The molecule has 0 saturated heterocycles. The summed E-state index contributed by atoms with van der Waals surface area (Å²) in [5.74, 6) is -0.770. The number of anilines is 2. The molecule has 0 unspecified atom stereocenters. The van der Waals surface area contributed by atoms with E-state index in [1.807, 2.05) is 6.07 Å². The quantitative estimate of drug-likeness (QED) is 0.427. The summed E-state index contributed by atoms with van der Waals surface area (Å²) in [4.78, 5) is 35.0. The third kappa shape index (κ3) is 5.33. The van der Waals surface area contributed by atoms with Gasteiger partial charge in [-0.1, -0.05) is 41.9 Å². The van der Waals surface area contributed by atoms with E-state index >= 15 is 0 Å². The Balaban J connectivity index is 1.64. The van der Waals surface area contributed by atoms with Crippen molar-refractivity contribution in [1.82, 2.24) is 0 Å². The first-order valence-corrected chi connectivity index (χ1v) is 9.14. The van der Waals surface area contributed by atoms with E-state index in [0.29, 0.717) is 11.4 Å². The van der Waals surface area contributed by atoms with Gasteiger partial charge in [-0.3, -0.25) is 19.7 Å². The highest BCUT2D eigenvalue weighted by atomic mass is 35.5. The maximum atomic E-state index is 12.6. The number of rotatable bonds is 7. The van der Waals surface area contributed by atoms with Crippen LogP contribution in [0.5, 0.6) is 5.75 Å². The molecule has 0 fully saturated rings. The molecule has 3 aromatic rings. The average molecular weight is 426 g/mol. The zero-order valence-electron chi connectivity index (χ0n) is 15.5. The molecule has 3 aromatic carbocycles. The lowest BCUT2D eigenvalue weighted by Crippen LogP contribution is -2.22. The van der Waals surface area contributed by atoms with Crippen molar-refractivity contribution in [3.63, 3.8) is 0 Å². The first-order chi connectivity index (χ1) is 14.4. The lowest BCUT2D eigenvalue weighted by Gasteiger charge is -2.12. The van der Waals surface area contributed by atoms with Crippen LogP contribution in [0, 0.1) is 10.1 Å². The highest BCUT2D eigenvalue weighted by molar-refractivity contribution is 6.32. The van der Waals surface area contributed by atoms with Crippen LogP contribution in [0.25, 0.3) is 0 Å². The van der Waals surface area contributed by atoms with Gasteiger partial charge in [0.15, 0.2) is 6.61 Å². The van der Waals surface area contributed by atoms with Crippen molar-refractivity contribution in [3.05, 3.63) is 93.5 Å². The average Bonchev–Trinajstić information content (AvgIpc) is 2.73. The van der Waals surface area contributed by atoms with Crippen LogP contribution >= 0.6 is 11.6 Å². The van der Waals surface area contributed by atoms with Crippen LogP contribution in [0.1, 0.15) is 10.4 Å². The van der Waals surface area contributed by atoms with Crippen molar-refractivity contribution in [3.8, 4) is 5.75 Å². The molecule has 2 amide bonds. The number of halogens is 1. The third-order valence-electron chi connectivity index (χ3n) is 3.96. The Morgan fingerprint density at radius 2 is 1.67 bits per heavy atom. The zero-order valence-corrected chi connectivity index (χ0v) is 16.3. The third-order valence-corrected chi connectivity index (χ3v) is 4.26. The Morgan fingerprint density at radius 1 is 0.967 bits per heavy atom. The van der Waals surface area contributed by atoms with E-state index in [0.717, 1.165) is 6.07 Å². The lowest BCUT2D eigenvalue weighted by molar-refractivity contribution is -0.384. The second-order valence-corrected chi connectivity index (χ2v) is 6.48. The topological polar surface area (TPSA) is 111 Å². The van der Waals surface area contributed by atoms with Gasteiger partial charge >= 0.3 is 0 Å². The Morgan fingerprint density at radius 3 is 2.37 bits per heavy atom. The Labute approximate surface area is 176 Å². The first kappa shape index (κ1) is 20.8. The maximum Gasteiger partial charge on any atom is 0.271 e. The number of amides is 2. The molecule has 0 saturated carbocycles. The van der Waals surface area contributed by atoms with E-state index in [2.05, 4.69) is 10.6 Å². The molecule has 0 spiro atoms. The molecule has 0 aliphatic heterocycles. The number of hydrogen-bond acceptors (Lipinski definition) is 5. The largest absolute Gasteiger partial charge is 0.482 e. The summed E-state index contributed by atoms with van der Waals surface area (Å²) in [6.45, 7) is -0.397. The predicted molar refractivity (Wildman–Crippen MR) is 113 cm³/mol. The summed E-state index contributed by atoms with van der Waals surface area (Å²) < 4.78 is 5.33. The number of nitrogens with zero attached hydrogens (tertiary/aromatic N) is 1. The van der Waals surface area contributed by atoms with Crippen molar-refractivity contribution in [2.75, 3.05) is 17.2 Å². The molecule has 0 aromatic heterocycles. The smallest absolute Gasteiger partial charge is 0.271 e. The molecule has 2 N–H and O–H groups in total. The number of nitro benzene ring substituents is 1. The lowest BCUT2D eigenvalue weighted by atomic mass is 10.1. The summed E-state index contributed by atoms with van der Waals surface area (Å²) in [6.07, 6.45) is 0.